The summed E-state index contributed by atoms with van der Waals surface area (Å²) in [5, 5.41) is 0. The molecule has 0 fully saturated rings. The fourth-order valence-electron chi connectivity index (χ4n) is 2.64. The molecule has 0 spiro atoms. The zero-order chi connectivity index (χ0) is 14.4. The number of halogens is 1. The minimum absolute atomic E-state index is 0.239. The maximum absolute atomic E-state index is 5.81. The van der Waals surface area contributed by atoms with Crippen LogP contribution in [-0.4, -0.2) is 6.04 Å². The van der Waals surface area contributed by atoms with E-state index in [1.807, 2.05) is 0 Å². The van der Waals surface area contributed by atoms with Crippen molar-refractivity contribution < 1.29 is 0 Å². The Labute approximate surface area is 129 Å². The Kier molecular flexibility index (Phi) is 5.77. The molecule has 106 valence electrons. The number of nitrogens with two attached hydrogens (primary N) is 1. The Bertz CT molecular complexity index is 510. The van der Waals surface area contributed by atoms with E-state index in [2.05, 4.69) is 82.9 Å². The van der Waals surface area contributed by atoms with Gasteiger partial charge < -0.3 is 0 Å². The van der Waals surface area contributed by atoms with Crippen molar-refractivity contribution in [2.24, 2.45) is 5.84 Å². The van der Waals surface area contributed by atoms with Gasteiger partial charge in [0.05, 0.1) is 0 Å². The average molecular weight is 333 g/mol. The SMILES string of the molecule is CCC(c1ccccc1)C(Cc1ccc(Br)cc1)NN. The zero-order valence-corrected chi connectivity index (χ0v) is 13.3. The van der Waals surface area contributed by atoms with Gasteiger partial charge in [0.15, 0.2) is 0 Å². The standard InChI is InChI=1S/C17H21BrN2/c1-2-16(14-6-4-3-5-7-14)17(20-19)12-13-8-10-15(18)11-9-13/h3-11,16-17,20H,2,12,19H2,1H3. The third kappa shape index (κ3) is 3.92. The highest BCUT2D eigenvalue weighted by Crippen LogP contribution is 2.25. The number of nitrogens with one attached hydrogen (secondary N) is 1. The zero-order valence-electron chi connectivity index (χ0n) is 11.7. The van der Waals surface area contributed by atoms with Crippen molar-refractivity contribution in [2.45, 2.75) is 31.7 Å². The molecule has 0 aliphatic rings. The van der Waals surface area contributed by atoms with Gasteiger partial charge in [0, 0.05) is 16.4 Å². The summed E-state index contributed by atoms with van der Waals surface area (Å²) >= 11 is 3.47. The predicted octanol–water partition coefficient (Wildman–Crippen LogP) is 4.02. The Morgan fingerprint density at radius 3 is 2.25 bits per heavy atom. The van der Waals surface area contributed by atoms with Gasteiger partial charge in [-0.2, -0.15) is 0 Å². The molecule has 0 saturated heterocycles. The first-order chi connectivity index (χ1) is 9.74. The fraction of sp³-hybridized carbons (Fsp3) is 0.294. The lowest BCUT2D eigenvalue weighted by Crippen LogP contribution is -2.41. The molecule has 0 radical (unpaired) electrons. The number of rotatable bonds is 6. The second-order valence-corrected chi connectivity index (χ2v) is 5.94. The minimum Gasteiger partial charge on any atom is -0.271 e. The minimum atomic E-state index is 0.239. The molecule has 3 heteroatoms. The quantitative estimate of drug-likeness (QED) is 0.619. The Hall–Kier alpha value is -1.16. The maximum Gasteiger partial charge on any atom is 0.0319 e. The highest BCUT2D eigenvalue weighted by molar-refractivity contribution is 9.10. The molecule has 2 aromatic carbocycles. The second-order valence-electron chi connectivity index (χ2n) is 5.03. The molecule has 2 atom stereocenters. The van der Waals surface area contributed by atoms with Gasteiger partial charge in [-0.3, -0.25) is 11.3 Å². The van der Waals surface area contributed by atoms with Crippen LogP contribution in [-0.2, 0) is 6.42 Å². The van der Waals surface area contributed by atoms with Crippen LogP contribution in [0.5, 0.6) is 0 Å². The van der Waals surface area contributed by atoms with Gasteiger partial charge in [-0.05, 0) is 36.1 Å². The van der Waals surface area contributed by atoms with E-state index in [4.69, 9.17) is 5.84 Å². The topological polar surface area (TPSA) is 38.0 Å². The molecule has 0 amide bonds. The summed E-state index contributed by atoms with van der Waals surface area (Å²) in [6.45, 7) is 2.21. The van der Waals surface area contributed by atoms with E-state index in [0.717, 1.165) is 17.3 Å². The van der Waals surface area contributed by atoms with E-state index < -0.39 is 0 Å². The van der Waals surface area contributed by atoms with E-state index in [9.17, 15) is 0 Å². The Morgan fingerprint density at radius 1 is 1.05 bits per heavy atom. The first kappa shape index (κ1) is 15.2. The number of hydrogen-bond acceptors (Lipinski definition) is 2. The molecule has 0 aromatic heterocycles. The van der Waals surface area contributed by atoms with Crippen LogP contribution >= 0.6 is 15.9 Å². The largest absolute Gasteiger partial charge is 0.271 e. The van der Waals surface area contributed by atoms with Crippen molar-refractivity contribution >= 4 is 15.9 Å². The molecule has 2 nitrogen and oxygen atoms in total. The van der Waals surface area contributed by atoms with Crippen molar-refractivity contribution in [2.75, 3.05) is 0 Å². The van der Waals surface area contributed by atoms with Crippen LogP contribution in [0.3, 0.4) is 0 Å². The van der Waals surface area contributed by atoms with Crippen molar-refractivity contribution in [1.29, 1.82) is 0 Å². The van der Waals surface area contributed by atoms with Gasteiger partial charge in [-0.15, -0.1) is 0 Å². The van der Waals surface area contributed by atoms with E-state index in [1.54, 1.807) is 0 Å². The highest BCUT2D eigenvalue weighted by Gasteiger charge is 2.20. The molecule has 20 heavy (non-hydrogen) atoms. The predicted molar refractivity (Wildman–Crippen MR) is 88.4 cm³/mol. The van der Waals surface area contributed by atoms with E-state index in [1.165, 1.54) is 11.1 Å². The number of hydrazine groups is 1. The second kappa shape index (κ2) is 7.58. The van der Waals surface area contributed by atoms with Crippen LogP contribution in [0.15, 0.2) is 59.1 Å². The summed E-state index contributed by atoms with van der Waals surface area (Å²) < 4.78 is 1.11. The van der Waals surface area contributed by atoms with Crippen molar-refractivity contribution in [3.05, 3.63) is 70.2 Å². The van der Waals surface area contributed by atoms with E-state index in [-0.39, 0.29) is 6.04 Å². The molecule has 2 rings (SSSR count). The maximum atomic E-state index is 5.81. The van der Waals surface area contributed by atoms with Crippen LogP contribution in [0.1, 0.15) is 30.4 Å². The molecule has 0 aliphatic heterocycles. The normalized spacial score (nSPS) is 13.9. The summed E-state index contributed by atoms with van der Waals surface area (Å²) in [6, 6.07) is 19.3. The van der Waals surface area contributed by atoms with Crippen LogP contribution in [0, 0.1) is 0 Å². The highest BCUT2D eigenvalue weighted by atomic mass is 79.9. The molecular formula is C17H21BrN2. The lowest BCUT2D eigenvalue weighted by molar-refractivity contribution is 0.427. The van der Waals surface area contributed by atoms with Crippen LogP contribution in [0.2, 0.25) is 0 Å². The molecule has 0 saturated carbocycles. The van der Waals surface area contributed by atoms with Gasteiger partial charge in [-0.1, -0.05) is 65.3 Å². The van der Waals surface area contributed by atoms with Crippen LogP contribution in [0.4, 0.5) is 0 Å². The molecule has 2 unspecified atom stereocenters. The molecule has 0 bridgehead atoms. The molecule has 0 aliphatic carbocycles. The van der Waals surface area contributed by atoms with Crippen LogP contribution in [0.25, 0.3) is 0 Å². The first-order valence-electron chi connectivity index (χ1n) is 7.00. The summed E-state index contributed by atoms with van der Waals surface area (Å²) in [6.07, 6.45) is 1.99. The molecule has 3 N–H and O–H groups in total. The van der Waals surface area contributed by atoms with Crippen molar-refractivity contribution in [3.63, 3.8) is 0 Å². The van der Waals surface area contributed by atoms with Gasteiger partial charge in [-0.25, -0.2) is 0 Å². The third-order valence-electron chi connectivity index (χ3n) is 3.74. The molecule has 2 aromatic rings. The smallest absolute Gasteiger partial charge is 0.0319 e. The van der Waals surface area contributed by atoms with E-state index >= 15 is 0 Å². The average Bonchev–Trinajstić information content (AvgIpc) is 2.50. The summed E-state index contributed by atoms with van der Waals surface area (Å²) in [5.41, 5.74) is 5.64. The van der Waals surface area contributed by atoms with Gasteiger partial charge in [0.1, 0.15) is 0 Å². The summed E-state index contributed by atoms with van der Waals surface area (Å²) in [5.74, 6) is 6.23. The Morgan fingerprint density at radius 2 is 1.70 bits per heavy atom. The van der Waals surface area contributed by atoms with Gasteiger partial charge in [0.25, 0.3) is 0 Å². The lowest BCUT2D eigenvalue weighted by Gasteiger charge is -2.26. The van der Waals surface area contributed by atoms with Crippen LogP contribution < -0.4 is 11.3 Å². The Balaban J connectivity index is 2.15. The molecular weight excluding hydrogens is 312 g/mol. The monoisotopic (exact) mass is 332 g/mol. The summed E-state index contributed by atoms with van der Waals surface area (Å²) in [7, 11) is 0. The van der Waals surface area contributed by atoms with Crippen molar-refractivity contribution in [1.82, 2.24) is 5.43 Å². The fourth-order valence-corrected chi connectivity index (χ4v) is 2.91. The third-order valence-corrected chi connectivity index (χ3v) is 4.26. The summed E-state index contributed by atoms with van der Waals surface area (Å²) in [4.78, 5) is 0. The first-order valence-corrected chi connectivity index (χ1v) is 7.79. The lowest BCUT2D eigenvalue weighted by atomic mass is 9.86. The van der Waals surface area contributed by atoms with Gasteiger partial charge in [0.2, 0.25) is 0 Å². The molecule has 0 heterocycles. The van der Waals surface area contributed by atoms with Gasteiger partial charge >= 0.3 is 0 Å². The van der Waals surface area contributed by atoms with E-state index in [0.29, 0.717) is 5.92 Å². The number of benzene rings is 2. The number of hydrogen-bond donors (Lipinski definition) is 2. The van der Waals surface area contributed by atoms with Crippen molar-refractivity contribution in [3.8, 4) is 0 Å².